The molecule has 3 rings (SSSR count). The molecule has 0 radical (unpaired) electrons. The molecule has 0 unspecified atom stereocenters. The summed E-state index contributed by atoms with van der Waals surface area (Å²) in [5.74, 6) is -0.0870. The van der Waals surface area contributed by atoms with E-state index < -0.39 is 0 Å². The van der Waals surface area contributed by atoms with Gasteiger partial charge in [-0.3, -0.25) is 4.79 Å². The molecule has 2 heterocycles. The number of benzene rings is 1. The summed E-state index contributed by atoms with van der Waals surface area (Å²) in [7, 11) is 0. The van der Waals surface area contributed by atoms with Gasteiger partial charge in [-0.1, -0.05) is 19.1 Å². The van der Waals surface area contributed by atoms with Crippen LogP contribution in [-0.2, 0) is 6.54 Å². The summed E-state index contributed by atoms with van der Waals surface area (Å²) in [6.07, 6.45) is 0.904. The zero-order valence-electron chi connectivity index (χ0n) is 12.3. The molecule has 2 aromatic rings. The first kappa shape index (κ1) is 15.1. The third-order valence-electron chi connectivity index (χ3n) is 4.10. The number of rotatable bonds is 3. The number of thiazole rings is 1. The SMILES string of the molecule is C[C@H]1CCN(C(=O)c2csc(CN)n2)[C@@H]1c1cccc(F)c1. The van der Waals surface area contributed by atoms with Crippen molar-refractivity contribution in [3.8, 4) is 0 Å². The van der Waals surface area contributed by atoms with Crippen LogP contribution in [-0.4, -0.2) is 22.3 Å². The zero-order valence-corrected chi connectivity index (χ0v) is 13.1. The van der Waals surface area contributed by atoms with Gasteiger partial charge in [0, 0.05) is 18.5 Å². The van der Waals surface area contributed by atoms with E-state index in [2.05, 4.69) is 11.9 Å². The molecule has 22 heavy (non-hydrogen) atoms. The van der Waals surface area contributed by atoms with Crippen LogP contribution >= 0.6 is 11.3 Å². The van der Waals surface area contributed by atoms with E-state index in [0.717, 1.165) is 17.0 Å². The largest absolute Gasteiger partial charge is 0.330 e. The highest BCUT2D eigenvalue weighted by molar-refractivity contribution is 7.09. The van der Waals surface area contributed by atoms with Crippen molar-refractivity contribution in [2.75, 3.05) is 6.54 Å². The Morgan fingerprint density at radius 3 is 3.05 bits per heavy atom. The highest BCUT2D eigenvalue weighted by Crippen LogP contribution is 2.38. The van der Waals surface area contributed by atoms with Crippen LogP contribution in [0.2, 0.25) is 0 Å². The lowest BCUT2D eigenvalue weighted by Crippen LogP contribution is -2.32. The minimum atomic E-state index is -0.275. The Balaban J connectivity index is 1.90. The molecule has 2 atom stereocenters. The van der Waals surface area contributed by atoms with Crippen molar-refractivity contribution in [3.63, 3.8) is 0 Å². The molecule has 0 spiro atoms. The van der Waals surface area contributed by atoms with Crippen molar-refractivity contribution < 1.29 is 9.18 Å². The maximum atomic E-state index is 13.5. The summed E-state index contributed by atoms with van der Waals surface area (Å²) in [5, 5.41) is 2.49. The molecular weight excluding hydrogens is 301 g/mol. The lowest BCUT2D eigenvalue weighted by molar-refractivity contribution is 0.0715. The Kier molecular flexibility index (Phi) is 4.22. The molecule has 116 valence electrons. The number of likely N-dealkylation sites (tertiary alicyclic amines) is 1. The second kappa shape index (κ2) is 6.14. The van der Waals surface area contributed by atoms with E-state index in [4.69, 9.17) is 5.73 Å². The first-order chi connectivity index (χ1) is 10.6. The van der Waals surface area contributed by atoms with E-state index in [9.17, 15) is 9.18 Å². The minimum Gasteiger partial charge on any atom is -0.330 e. The van der Waals surface area contributed by atoms with Gasteiger partial charge in [-0.25, -0.2) is 9.37 Å². The Morgan fingerprint density at radius 1 is 1.55 bits per heavy atom. The van der Waals surface area contributed by atoms with Crippen molar-refractivity contribution >= 4 is 17.2 Å². The topological polar surface area (TPSA) is 59.2 Å². The Hall–Kier alpha value is -1.79. The van der Waals surface area contributed by atoms with Crippen molar-refractivity contribution in [2.24, 2.45) is 11.7 Å². The van der Waals surface area contributed by atoms with E-state index in [1.807, 2.05) is 6.07 Å². The summed E-state index contributed by atoms with van der Waals surface area (Å²) >= 11 is 1.39. The van der Waals surface area contributed by atoms with Gasteiger partial charge in [-0.05, 0) is 30.0 Å². The molecule has 6 heteroatoms. The molecule has 1 fully saturated rings. The van der Waals surface area contributed by atoms with Gasteiger partial charge in [0.2, 0.25) is 0 Å². The fraction of sp³-hybridized carbons (Fsp3) is 0.375. The number of carbonyl (C=O) groups is 1. The normalized spacial score (nSPS) is 21.3. The fourth-order valence-electron chi connectivity index (χ4n) is 3.02. The molecule has 4 nitrogen and oxygen atoms in total. The minimum absolute atomic E-state index is 0.102. The van der Waals surface area contributed by atoms with Crippen molar-refractivity contribution in [1.29, 1.82) is 0 Å². The lowest BCUT2D eigenvalue weighted by atomic mass is 9.95. The number of nitrogens with two attached hydrogens (primary N) is 1. The first-order valence-corrected chi connectivity index (χ1v) is 8.19. The van der Waals surface area contributed by atoms with Crippen molar-refractivity contribution in [1.82, 2.24) is 9.88 Å². The summed E-state index contributed by atoms with van der Waals surface area (Å²) in [5.41, 5.74) is 6.83. The number of amides is 1. The lowest BCUT2D eigenvalue weighted by Gasteiger charge is -2.27. The Labute approximate surface area is 132 Å². The summed E-state index contributed by atoms with van der Waals surface area (Å²) in [6.45, 7) is 3.09. The van der Waals surface area contributed by atoms with Gasteiger partial charge in [-0.15, -0.1) is 11.3 Å². The van der Waals surface area contributed by atoms with Gasteiger partial charge >= 0.3 is 0 Å². The number of nitrogens with zero attached hydrogens (tertiary/aromatic N) is 2. The van der Waals surface area contributed by atoms with Gasteiger partial charge in [0.05, 0.1) is 6.04 Å². The zero-order chi connectivity index (χ0) is 15.7. The van der Waals surface area contributed by atoms with Crippen LogP contribution < -0.4 is 5.73 Å². The second-order valence-corrected chi connectivity index (χ2v) is 6.54. The second-order valence-electron chi connectivity index (χ2n) is 5.59. The number of carbonyl (C=O) groups excluding carboxylic acids is 1. The molecule has 0 aliphatic carbocycles. The van der Waals surface area contributed by atoms with E-state index in [-0.39, 0.29) is 17.8 Å². The summed E-state index contributed by atoms with van der Waals surface area (Å²) in [4.78, 5) is 18.8. The van der Waals surface area contributed by atoms with Crippen LogP contribution in [0.1, 0.15) is 40.4 Å². The quantitative estimate of drug-likeness (QED) is 0.946. The summed E-state index contributed by atoms with van der Waals surface area (Å²) < 4.78 is 13.5. The molecule has 1 aliphatic rings. The van der Waals surface area contributed by atoms with Gasteiger partial charge in [-0.2, -0.15) is 0 Å². The monoisotopic (exact) mass is 319 g/mol. The van der Waals surface area contributed by atoms with Crippen LogP contribution in [0.25, 0.3) is 0 Å². The van der Waals surface area contributed by atoms with Gasteiger partial charge in [0.25, 0.3) is 5.91 Å². The molecule has 1 aliphatic heterocycles. The Morgan fingerprint density at radius 2 is 2.36 bits per heavy atom. The molecule has 0 bridgehead atoms. The number of aromatic nitrogens is 1. The average Bonchev–Trinajstić information content (AvgIpc) is 3.13. The third kappa shape index (κ3) is 2.76. The highest BCUT2D eigenvalue weighted by Gasteiger charge is 2.36. The van der Waals surface area contributed by atoms with E-state index >= 15 is 0 Å². The summed E-state index contributed by atoms with van der Waals surface area (Å²) in [6, 6.07) is 6.39. The molecular formula is C16H18FN3OS. The van der Waals surface area contributed by atoms with Gasteiger partial charge < -0.3 is 10.6 Å². The smallest absolute Gasteiger partial charge is 0.273 e. The maximum absolute atomic E-state index is 13.5. The molecule has 1 aromatic carbocycles. The molecule has 2 N–H and O–H groups in total. The van der Waals surface area contributed by atoms with Crippen molar-refractivity contribution in [2.45, 2.75) is 25.9 Å². The fourth-order valence-corrected chi connectivity index (χ4v) is 3.67. The van der Waals surface area contributed by atoms with Crippen LogP contribution in [0.3, 0.4) is 0 Å². The average molecular weight is 319 g/mol. The van der Waals surface area contributed by atoms with Gasteiger partial charge in [0.15, 0.2) is 0 Å². The number of hydrogen-bond donors (Lipinski definition) is 1. The van der Waals surface area contributed by atoms with Gasteiger partial charge in [0.1, 0.15) is 16.5 Å². The maximum Gasteiger partial charge on any atom is 0.273 e. The number of hydrogen-bond acceptors (Lipinski definition) is 4. The van der Waals surface area contributed by atoms with Crippen LogP contribution in [0.4, 0.5) is 4.39 Å². The number of halogens is 1. The predicted molar refractivity (Wildman–Crippen MR) is 84.0 cm³/mol. The van der Waals surface area contributed by atoms with E-state index in [0.29, 0.717) is 24.7 Å². The van der Waals surface area contributed by atoms with Crippen LogP contribution in [0.5, 0.6) is 0 Å². The van der Waals surface area contributed by atoms with Crippen LogP contribution in [0, 0.1) is 11.7 Å². The molecule has 1 aromatic heterocycles. The molecule has 1 amide bonds. The molecule has 1 saturated heterocycles. The van der Waals surface area contributed by atoms with Crippen LogP contribution in [0.15, 0.2) is 29.6 Å². The van der Waals surface area contributed by atoms with E-state index in [1.165, 1.54) is 23.5 Å². The Bertz CT molecular complexity index is 688. The van der Waals surface area contributed by atoms with E-state index in [1.54, 1.807) is 16.3 Å². The highest BCUT2D eigenvalue weighted by atomic mass is 32.1. The first-order valence-electron chi connectivity index (χ1n) is 7.31. The standard InChI is InChI=1S/C16H18FN3OS/c1-10-5-6-20(15(10)11-3-2-4-12(17)7-11)16(21)13-9-22-14(8-18)19-13/h2-4,7,9-10,15H,5-6,8,18H2,1H3/t10-,15-/m0/s1. The predicted octanol–water partition coefficient (Wildman–Crippen LogP) is 2.96. The molecule has 0 saturated carbocycles. The van der Waals surface area contributed by atoms with Crippen molar-refractivity contribution in [3.05, 3.63) is 51.7 Å². The third-order valence-corrected chi connectivity index (χ3v) is 4.97.